The summed E-state index contributed by atoms with van der Waals surface area (Å²) in [6, 6.07) is 0. The summed E-state index contributed by atoms with van der Waals surface area (Å²) in [6.45, 7) is 3.97. The molecule has 0 heterocycles. The Labute approximate surface area is 92.3 Å². The number of rotatable bonds is 4. The highest BCUT2D eigenvalue weighted by Crippen LogP contribution is 2.26. The minimum Gasteiger partial charge on any atom is -0.464 e. The number of aliphatic hydroxyl groups excluding tert-OH is 1. The summed E-state index contributed by atoms with van der Waals surface area (Å²) in [5.74, 6) is 0.0644. The summed E-state index contributed by atoms with van der Waals surface area (Å²) < 4.78 is 4.46. The number of aliphatic hydroxyl groups is 1. The molecule has 0 saturated heterocycles. The third kappa shape index (κ3) is 2.82. The molecule has 0 aromatic carbocycles. The number of esters is 1. The van der Waals surface area contributed by atoms with Crippen molar-refractivity contribution in [2.75, 3.05) is 13.2 Å². The van der Waals surface area contributed by atoms with Gasteiger partial charge in [-0.1, -0.05) is 28.1 Å². The first-order valence-electron chi connectivity index (χ1n) is 4.60. The van der Waals surface area contributed by atoms with Gasteiger partial charge in [0.1, 0.15) is 4.32 Å². The largest absolute Gasteiger partial charge is 0.464 e. The second-order valence-corrected chi connectivity index (χ2v) is 5.95. The molecule has 0 fully saturated rings. The zero-order valence-electron chi connectivity index (χ0n) is 8.37. The molecule has 1 aliphatic rings. The second-order valence-electron chi connectivity index (χ2n) is 3.97. The highest BCUT2D eigenvalue weighted by Gasteiger charge is 2.29. The zero-order valence-corrected chi connectivity index (χ0v) is 9.95. The van der Waals surface area contributed by atoms with Gasteiger partial charge in [-0.05, 0) is 13.8 Å². The van der Waals surface area contributed by atoms with E-state index in [4.69, 9.17) is 9.84 Å². The first-order valence-corrected chi connectivity index (χ1v) is 5.39. The fourth-order valence-corrected chi connectivity index (χ4v) is 1.26. The van der Waals surface area contributed by atoms with Crippen LogP contribution < -0.4 is 0 Å². The van der Waals surface area contributed by atoms with Gasteiger partial charge in [0.2, 0.25) is 0 Å². The van der Waals surface area contributed by atoms with Crippen LogP contribution in [0.4, 0.5) is 0 Å². The minimum absolute atomic E-state index is 0.121. The summed E-state index contributed by atoms with van der Waals surface area (Å²) in [4.78, 5) is 11.3. The van der Waals surface area contributed by atoms with Gasteiger partial charge in [0.25, 0.3) is 0 Å². The van der Waals surface area contributed by atoms with Crippen LogP contribution >= 0.6 is 15.9 Å². The zero-order chi connectivity index (χ0) is 10.8. The van der Waals surface area contributed by atoms with E-state index in [2.05, 4.69) is 15.9 Å². The number of hydrogen-bond donors (Lipinski definition) is 1. The molecule has 0 aromatic heterocycles. The van der Waals surface area contributed by atoms with Crippen molar-refractivity contribution in [2.24, 2.45) is 11.8 Å². The second kappa shape index (κ2) is 4.45. The highest BCUT2D eigenvalue weighted by molar-refractivity contribution is 9.10. The maximum absolute atomic E-state index is 11.3. The Kier molecular flexibility index (Phi) is 3.72. The van der Waals surface area contributed by atoms with Gasteiger partial charge >= 0.3 is 5.97 Å². The van der Waals surface area contributed by atoms with Gasteiger partial charge in [-0.15, -0.1) is 0 Å². The van der Waals surface area contributed by atoms with E-state index in [0.29, 0.717) is 6.61 Å². The number of halogens is 1. The Morgan fingerprint density at radius 2 is 2.07 bits per heavy atom. The Bertz CT molecular complexity index is 242. The molecule has 1 N–H and O–H groups in total. The van der Waals surface area contributed by atoms with Crippen LogP contribution in [0, 0.1) is 11.8 Å². The van der Waals surface area contributed by atoms with E-state index in [1.54, 1.807) is 13.8 Å². The van der Waals surface area contributed by atoms with Crippen molar-refractivity contribution in [3.8, 4) is 0 Å². The molecule has 1 aliphatic carbocycles. The van der Waals surface area contributed by atoms with Crippen molar-refractivity contribution in [3.63, 3.8) is 0 Å². The number of ether oxygens (including phenoxy) is 1. The van der Waals surface area contributed by atoms with Crippen LogP contribution in [0.15, 0.2) is 12.2 Å². The lowest BCUT2D eigenvalue weighted by molar-refractivity contribution is -0.147. The lowest BCUT2D eigenvalue weighted by atomic mass is 9.83. The normalized spacial score (nSPS) is 25.7. The highest BCUT2D eigenvalue weighted by atomic mass is 79.9. The van der Waals surface area contributed by atoms with Gasteiger partial charge in [-0.3, -0.25) is 4.79 Å². The van der Waals surface area contributed by atoms with Gasteiger partial charge in [-0.2, -0.15) is 0 Å². The number of hydrogen-bond acceptors (Lipinski definition) is 3. The molecule has 1 rings (SSSR count). The van der Waals surface area contributed by atoms with Gasteiger partial charge in [-0.25, -0.2) is 0 Å². The van der Waals surface area contributed by atoms with E-state index in [-0.39, 0.29) is 24.4 Å². The summed E-state index contributed by atoms with van der Waals surface area (Å²) in [7, 11) is 0. The average Bonchev–Trinajstić information content (AvgIpc) is 2.01. The van der Waals surface area contributed by atoms with Crippen LogP contribution in [0.3, 0.4) is 0 Å². The van der Waals surface area contributed by atoms with Gasteiger partial charge in [0.05, 0.1) is 13.2 Å². The average molecular weight is 263 g/mol. The Morgan fingerprint density at radius 3 is 2.43 bits per heavy atom. The van der Waals surface area contributed by atoms with Crippen molar-refractivity contribution in [1.82, 2.24) is 0 Å². The van der Waals surface area contributed by atoms with E-state index >= 15 is 0 Å². The molecule has 80 valence electrons. The first-order chi connectivity index (χ1) is 6.45. The summed E-state index contributed by atoms with van der Waals surface area (Å²) in [5, 5.41) is 8.88. The monoisotopic (exact) mass is 262 g/mol. The summed E-state index contributed by atoms with van der Waals surface area (Å²) in [5.41, 5.74) is 0. The molecule has 0 amide bonds. The van der Waals surface area contributed by atoms with Crippen molar-refractivity contribution in [2.45, 2.75) is 18.2 Å². The SMILES string of the molecule is CC(C)(Br)C(=O)OC[C@@H]1C=C[C@@H]1CO. The third-order valence-electron chi connectivity index (χ3n) is 2.26. The predicted octanol–water partition coefficient (Wildman–Crippen LogP) is 1.50. The van der Waals surface area contributed by atoms with Crippen molar-refractivity contribution in [1.29, 1.82) is 0 Å². The topological polar surface area (TPSA) is 46.5 Å². The van der Waals surface area contributed by atoms with Crippen LogP contribution in [0.5, 0.6) is 0 Å². The van der Waals surface area contributed by atoms with E-state index in [9.17, 15) is 4.79 Å². The molecule has 0 spiro atoms. The standard InChI is InChI=1S/C10H15BrO3/c1-10(2,11)9(13)14-6-8-4-3-7(8)5-12/h3-4,7-8,12H,5-6H2,1-2H3/t7-,8+/m1/s1. The molecule has 0 saturated carbocycles. The number of carbonyl (C=O) groups excluding carboxylic acids is 1. The van der Waals surface area contributed by atoms with E-state index < -0.39 is 4.32 Å². The fraction of sp³-hybridized carbons (Fsp3) is 0.700. The molecule has 0 aliphatic heterocycles. The van der Waals surface area contributed by atoms with Crippen LogP contribution in [-0.4, -0.2) is 28.6 Å². The van der Waals surface area contributed by atoms with Gasteiger partial charge in [0, 0.05) is 11.8 Å². The van der Waals surface area contributed by atoms with Crippen LogP contribution in [-0.2, 0) is 9.53 Å². The number of carbonyl (C=O) groups is 1. The molecular weight excluding hydrogens is 248 g/mol. The summed E-state index contributed by atoms with van der Waals surface area (Å²) in [6.07, 6.45) is 3.88. The van der Waals surface area contributed by atoms with E-state index in [0.717, 1.165) is 0 Å². The smallest absolute Gasteiger partial charge is 0.322 e. The Balaban J connectivity index is 2.29. The molecule has 14 heavy (non-hydrogen) atoms. The predicted molar refractivity (Wildman–Crippen MR) is 57.2 cm³/mol. The van der Waals surface area contributed by atoms with Gasteiger partial charge < -0.3 is 9.84 Å². The van der Waals surface area contributed by atoms with Crippen LogP contribution in [0.25, 0.3) is 0 Å². The Hall–Kier alpha value is -0.350. The van der Waals surface area contributed by atoms with E-state index in [1.165, 1.54) is 0 Å². The molecular formula is C10H15BrO3. The fourth-order valence-electron chi connectivity index (χ4n) is 1.14. The lowest BCUT2D eigenvalue weighted by Crippen LogP contribution is -2.32. The molecule has 0 radical (unpaired) electrons. The van der Waals surface area contributed by atoms with Gasteiger partial charge in [0.15, 0.2) is 0 Å². The van der Waals surface area contributed by atoms with Crippen molar-refractivity contribution >= 4 is 21.9 Å². The lowest BCUT2D eigenvalue weighted by Gasteiger charge is -2.28. The maximum atomic E-state index is 11.3. The quantitative estimate of drug-likeness (QED) is 0.475. The molecule has 0 bridgehead atoms. The molecule has 4 heteroatoms. The first kappa shape index (κ1) is 11.7. The van der Waals surface area contributed by atoms with Crippen LogP contribution in [0.1, 0.15) is 13.8 Å². The molecule has 2 atom stereocenters. The van der Waals surface area contributed by atoms with Crippen molar-refractivity contribution < 1.29 is 14.6 Å². The summed E-state index contributed by atoms with van der Waals surface area (Å²) >= 11 is 3.22. The number of alkyl halides is 1. The molecule has 3 nitrogen and oxygen atoms in total. The molecule has 0 unspecified atom stereocenters. The Morgan fingerprint density at radius 1 is 1.50 bits per heavy atom. The molecule has 0 aromatic rings. The van der Waals surface area contributed by atoms with E-state index in [1.807, 2.05) is 12.2 Å². The maximum Gasteiger partial charge on any atom is 0.322 e. The minimum atomic E-state index is -0.630. The third-order valence-corrected chi connectivity index (χ3v) is 2.58. The van der Waals surface area contributed by atoms with Crippen molar-refractivity contribution in [3.05, 3.63) is 12.2 Å². The van der Waals surface area contributed by atoms with Crippen LogP contribution in [0.2, 0.25) is 0 Å².